The maximum atomic E-state index is 13.1. The van der Waals surface area contributed by atoms with Gasteiger partial charge in [0.25, 0.3) is 5.91 Å². The monoisotopic (exact) mass is 450 g/mol. The van der Waals surface area contributed by atoms with Crippen LogP contribution in [0.2, 0.25) is 0 Å². The van der Waals surface area contributed by atoms with Crippen molar-refractivity contribution < 1.29 is 4.79 Å². The molecule has 3 N–H and O–H groups in total. The van der Waals surface area contributed by atoms with Crippen LogP contribution in [0, 0.1) is 6.92 Å². The standard InChI is InChI=1S/C27H26N6O/c1-15(2)25-31-23-10-8-20(13-24(23)32-25)30-26(34)18-6-5-16(3)21(12-18)17-7-9-22-19(11-17)14-29-27(28-4)33-22/h5-15H,1-4H3,(H,30,34)(H,31,32)(H,28,29,33). The van der Waals surface area contributed by atoms with Crippen molar-refractivity contribution in [2.75, 3.05) is 17.7 Å². The first-order valence-electron chi connectivity index (χ1n) is 11.3. The van der Waals surface area contributed by atoms with Crippen LogP contribution in [0.4, 0.5) is 11.6 Å². The summed E-state index contributed by atoms with van der Waals surface area (Å²) in [4.78, 5) is 29.8. The summed E-state index contributed by atoms with van der Waals surface area (Å²) in [6, 6.07) is 17.5. The summed E-state index contributed by atoms with van der Waals surface area (Å²) in [6.45, 7) is 6.23. The number of anilines is 2. The number of fused-ring (bicyclic) bond motifs is 2. The molecule has 0 spiro atoms. The van der Waals surface area contributed by atoms with E-state index in [0.717, 1.165) is 50.1 Å². The summed E-state index contributed by atoms with van der Waals surface area (Å²) in [6.07, 6.45) is 1.81. The number of nitrogens with one attached hydrogen (secondary N) is 3. The van der Waals surface area contributed by atoms with Crippen molar-refractivity contribution in [1.29, 1.82) is 0 Å². The predicted molar refractivity (Wildman–Crippen MR) is 137 cm³/mol. The number of carbonyl (C=O) groups excluding carboxylic acids is 1. The molecule has 7 heteroatoms. The molecule has 0 unspecified atom stereocenters. The molecule has 0 saturated heterocycles. The van der Waals surface area contributed by atoms with Gasteiger partial charge in [0.15, 0.2) is 0 Å². The van der Waals surface area contributed by atoms with E-state index in [9.17, 15) is 4.79 Å². The first-order chi connectivity index (χ1) is 16.4. The number of aromatic nitrogens is 4. The zero-order valence-corrected chi connectivity index (χ0v) is 19.6. The fourth-order valence-corrected chi connectivity index (χ4v) is 3.98. The number of rotatable bonds is 5. The van der Waals surface area contributed by atoms with E-state index in [1.165, 1.54) is 0 Å². The molecule has 0 saturated carbocycles. The highest BCUT2D eigenvalue weighted by Gasteiger charge is 2.12. The lowest BCUT2D eigenvalue weighted by Crippen LogP contribution is -2.12. The number of imidazole rings is 1. The van der Waals surface area contributed by atoms with Gasteiger partial charge < -0.3 is 15.6 Å². The largest absolute Gasteiger partial charge is 0.357 e. The zero-order chi connectivity index (χ0) is 23.8. The minimum Gasteiger partial charge on any atom is -0.357 e. The van der Waals surface area contributed by atoms with Crippen molar-refractivity contribution in [2.45, 2.75) is 26.7 Å². The molecule has 5 aromatic rings. The topological polar surface area (TPSA) is 95.6 Å². The number of nitrogens with zero attached hydrogens (tertiary/aromatic N) is 3. The third-order valence-corrected chi connectivity index (χ3v) is 5.92. The van der Waals surface area contributed by atoms with Gasteiger partial charge in [0, 0.05) is 35.8 Å². The molecular formula is C27H26N6O. The van der Waals surface area contributed by atoms with Gasteiger partial charge in [-0.3, -0.25) is 4.79 Å². The molecule has 1 amide bonds. The number of benzene rings is 3. The molecule has 0 aliphatic heterocycles. The quantitative estimate of drug-likeness (QED) is 0.310. The third-order valence-electron chi connectivity index (χ3n) is 5.92. The van der Waals surface area contributed by atoms with Gasteiger partial charge in [-0.15, -0.1) is 0 Å². The summed E-state index contributed by atoms with van der Waals surface area (Å²) < 4.78 is 0. The Kier molecular flexibility index (Phi) is 5.45. The van der Waals surface area contributed by atoms with E-state index in [1.54, 1.807) is 13.2 Å². The molecule has 0 fully saturated rings. The Morgan fingerprint density at radius 2 is 1.79 bits per heavy atom. The molecule has 0 atom stereocenters. The lowest BCUT2D eigenvalue weighted by Gasteiger charge is -2.11. The summed E-state index contributed by atoms with van der Waals surface area (Å²) in [5, 5.41) is 6.92. The maximum Gasteiger partial charge on any atom is 0.255 e. The first kappa shape index (κ1) is 21.6. The third kappa shape index (κ3) is 4.08. The van der Waals surface area contributed by atoms with E-state index in [0.29, 0.717) is 17.4 Å². The summed E-state index contributed by atoms with van der Waals surface area (Å²) in [7, 11) is 1.80. The molecule has 0 aliphatic carbocycles. The molecule has 0 bridgehead atoms. The second kappa shape index (κ2) is 8.59. The van der Waals surface area contributed by atoms with Gasteiger partial charge in [0.05, 0.1) is 16.6 Å². The van der Waals surface area contributed by atoms with E-state index >= 15 is 0 Å². The lowest BCUT2D eigenvalue weighted by molar-refractivity contribution is 0.102. The summed E-state index contributed by atoms with van der Waals surface area (Å²) in [5.74, 6) is 1.67. The Bertz CT molecular complexity index is 1540. The number of H-pyrrole nitrogens is 1. The van der Waals surface area contributed by atoms with Crippen molar-refractivity contribution in [3.05, 3.63) is 77.7 Å². The number of amides is 1. The highest BCUT2D eigenvalue weighted by atomic mass is 16.1. The van der Waals surface area contributed by atoms with Gasteiger partial charge in [-0.05, 0) is 66.1 Å². The molecule has 2 aromatic heterocycles. The van der Waals surface area contributed by atoms with E-state index in [2.05, 4.69) is 50.5 Å². The van der Waals surface area contributed by atoms with Crippen LogP contribution in [0.25, 0.3) is 33.1 Å². The molecule has 0 radical (unpaired) electrons. The Morgan fingerprint density at radius 1 is 0.971 bits per heavy atom. The van der Waals surface area contributed by atoms with E-state index in [-0.39, 0.29) is 5.91 Å². The number of carbonyl (C=O) groups is 1. The van der Waals surface area contributed by atoms with Gasteiger partial charge in [0.2, 0.25) is 5.95 Å². The number of aryl methyl sites for hydroxylation is 1. The SMILES string of the molecule is CNc1ncc2cc(-c3cc(C(=O)Nc4ccc5nc(C(C)C)[nH]c5c4)ccc3C)ccc2n1. The van der Waals surface area contributed by atoms with Gasteiger partial charge in [-0.2, -0.15) is 0 Å². The van der Waals surface area contributed by atoms with Crippen molar-refractivity contribution in [3.8, 4) is 11.1 Å². The highest BCUT2D eigenvalue weighted by Crippen LogP contribution is 2.28. The summed E-state index contributed by atoms with van der Waals surface area (Å²) in [5.41, 5.74) is 7.08. The normalized spacial score (nSPS) is 11.3. The Morgan fingerprint density at radius 3 is 2.59 bits per heavy atom. The van der Waals surface area contributed by atoms with Crippen molar-refractivity contribution >= 4 is 39.5 Å². The van der Waals surface area contributed by atoms with Crippen molar-refractivity contribution in [3.63, 3.8) is 0 Å². The Balaban J connectivity index is 1.43. The number of hydrogen-bond acceptors (Lipinski definition) is 5. The van der Waals surface area contributed by atoms with Crippen LogP contribution >= 0.6 is 0 Å². The summed E-state index contributed by atoms with van der Waals surface area (Å²) >= 11 is 0. The molecule has 0 aliphatic rings. The highest BCUT2D eigenvalue weighted by molar-refractivity contribution is 6.06. The van der Waals surface area contributed by atoms with Crippen LogP contribution in [-0.2, 0) is 0 Å². The second-order valence-corrected chi connectivity index (χ2v) is 8.71. The molecule has 170 valence electrons. The second-order valence-electron chi connectivity index (χ2n) is 8.71. The van der Waals surface area contributed by atoms with Crippen LogP contribution in [0.5, 0.6) is 0 Å². The molecular weight excluding hydrogens is 424 g/mol. The minimum absolute atomic E-state index is 0.160. The van der Waals surface area contributed by atoms with Crippen molar-refractivity contribution in [2.24, 2.45) is 0 Å². The molecule has 34 heavy (non-hydrogen) atoms. The average Bonchev–Trinajstić information content (AvgIpc) is 3.27. The van der Waals surface area contributed by atoms with E-state index in [4.69, 9.17) is 0 Å². The van der Waals surface area contributed by atoms with Crippen LogP contribution < -0.4 is 10.6 Å². The number of hydrogen-bond donors (Lipinski definition) is 3. The molecule has 3 aromatic carbocycles. The van der Waals surface area contributed by atoms with E-state index < -0.39 is 0 Å². The van der Waals surface area contributed by atoms with Gasteiger partial charge in [0.1, 0.15) is 5.82 Å². The fourth-order valence-electron chi connectivity index (χ4n) is 3.98. The Hall–Kier alpha value is -4.26. The fraction of sp³-hybridized carbons (Fsp3) is 0.185. The average molecular weight is 451 g/mol. The Labute approximate surface area is 197 Å². The molecule has 7 nitrogen and oxygen atoms in total. The zero-order valence-electron chi connectivity index (χ0n) is 19.6. The van der Waals surface area contributed by atoms with Crippen LogP contribution in [-0.4, -0.2) is 32.9 Å². The maximum absolute atomic E-state index is 13.1. The predicted octanol–water partition coefficient (Wildman–Crippen LogP) is 5.90. The first-order valence-corrected chi connectivity index (χ1v) is 11.3. The van der Waals surface area contributed by atoms with Gasteiger partial charge in [-0.25, -0.2) is 15.0 Å². The van der Waals surface area contributed by atoms with E-state index in [1.807, 2.05) is 55.5 Å². The van der Waals surface area contributed by atoms with Crippen LogP contribution in [0.1, 0.15) is 41.5 Å². The van der Waals surface area contributed by atoms with Gasteiger partial charge in [-0.1, -0.05) is 26.0 Å². The number of aromatic amines is 1. The molecule has 2 heterocycles. The van der Waals surface area contributed by atoms with Crippen LogP contribution in [0.15, 0.2) is 60.8 Å². The smallest absolute Gasteiger partial charge is 0.255 e. The van der Waals surface area contributed by atoms with Gasteiger partial charge >= 0.3 is 0 Å². The minimum atomic E-state index is -0.160. The molecule has 5 rings (SSSR count). The lowest BCUT2D eigenvalue weighted by atomic mass is 9.97. The van der Waals surface area contributed by atoms with Crippen LogP contribution in [0.3, 0.4) is 0 Å². The van der Waals surface area contributed by atoms with Crippen molar-refractivity contribution in [1.82, 2.24) is 19.9 Å².